The molecule has 0 amide bonds. The van der Waals surface area contributed by atoms with E-state index >= 15 is 0 Å². The zero-order valence-corrected chi connectivity index (χ0v) is 13.0. The Labute approximate surface area is 133 Å². The first-order chi connectivity index (χ1) is 10.5. The molecule has 0 aliphatic heterocycles. The highest BCUT2D eigenvalue weighted by Gasteiger charge is 2.19. The maximum Gasteiger partial charge on any atom is 0.262 e. The summed E-state index contributed by atoms with van der Waals surface area (Å²) in [6.07, 6.45) is 0. The smallest absolute Gasteiger partial charge is 0.262 e. The number of halogens is 1. The van der Waals surface area contributed by atoms with Gasteiger partial charge in [0.2, 0.25) is 0 Å². The van der Waals surface area contributed by atoms with E-state index in [0.29, 0.717) is 27.2 Å². The van der Waals surface area contributed by atoms with Crippen molar-refractivity contribution in [2.45, 2.75) is 4.90 Å². The van der Waals surface area contributed by atoms with Gasteiger partial charge in [0.05, 0.1) is 16.3 Å². The highest BCUT2D eigenvalue weighted by molar-refractivity contribution is 7.93. The standard InChI is InChI=1S/C16H13ClN2O2S/c17-13-9-10-16(12-6-2-1-5-11(12)13)22(20,21)19-15-8-4-3-7-14(15)18/h1-10,19H,18H2. The second-order valence-electron chi connectivity index (χ2n) is 4.78. The van der Waals surface area contributed by atoms with Crippen LogP contribution in [0, 0.1) is 0 Å². The van der Waals surface area contributed by atoms with Crippen LogP contribution in [0.5, 0.6) is 0 Å². The number of anilines is 2. The molecule has 0 radical (unpaired) electrons. The molecule has 0 aliphatic carbocycles. The van der Waals surface area contributed by atoms with Crippen LogP contribution in [0.4, 0.5) is 11.4 Å². The first kappa shape index (κ1) is 14.7. The third-order valence-electron chi connectivity index (χ3n) is 3.33. The molecule has 3 aromatic rings. The van der Waals surface area contributed by atoms with Gasteiger partial charge in [-0.1, -0.05) is 48.0 Å². The number of fused-ring (bicyclic) bond motifs is 1. The molecule has 0 atom stereocenters. The van der Waals surface area contributed by atoms with Gasteiger partial charge < -0.3 is 5.73 Å². The van der Waals surface area contributed by atoms with E-state index < -0.39 is 10.0 Å². The van der Waals surface area contributed by atoms with Crippen molar-refractivity contribution in [3.8, 4) is 0 Å². The van der Waals surface area contributed by atoms with Gasteiger partial charge in [0.15, 0.2) is 0 Å². The number of nitrogens with two attached hydrogens (primary N) is 1. The van der Waals surface area contributed by atoms with E-state index in [1.54, 1.807) is 48.5 Å². The molecule has 3 rings (SSSR count). The van der Waals surface area contributed by atoms with Crippen LogP contribution in [0.3, 0.4) is 0 Å². The summed E-state index contributed by atoms with van der Waals surface area (Å²) in [7, 11) is -3.77. The summed E-state index contributed by atoms with van der Waals surface area (Å²) in [6.45, 7) is 0. The lowest BCUT2D eigenvalue weighted by Gasteiger charge is -2.12. The average Bonchev–Trinajstić information content (AvgIpc) is 2.50. The second kappa shape index (κ2) is 5.51. The molecule has 6 heteroatoms. The van der Waals surface area contributed by atoms with Crippen molar-refractivity contribution in [1.29, 1.82) is 0 Å². The van der Waals surface area contributed by atoms with Crippen molar-refractivity contribution in [3.05, 3.63) is 65.7 Å². The van der Waals surface area contributed by atoms with Gasteiger partial charge >= 0.3 is 0 Å². The fourth-order valence-corrected chi connectivity index (χ4v) is 3.79. The average molecular weight is 333 g/mol. The molecule has 112 valence electrons. The molecular formula is C16H13ClN2O2S. The quantitative estimate of drug-likeness (QED) is 0.715. The van der Waals surface area contributed by atoms with Crippen molar-refractivity contribution in [1.82, 2.24) is 0 Å². The number of sulfonamides is 1. The monoisotopic (exact) mass is 332 g/mol. The third kappa shape index (κ3) is 2.61. The zero-order valence-electron chi connectivity index (χ0n) is 11.5. The fourth-order valence-electron chi connectivity index (χ4n) is 2.26. The molecule has 4 nitrogen and oxygen atoms in total. The van der Waals surface area contributed by atoms with Crippen molar-refractivity contribution in [2.75, 3.05) is 10.5 Å². The molecule has 0 saturated carbocycles. The largest absolute Gasteiger partial charge is 0.397 e. The summed E-state index contributed by atoms with van der Waals surface area (Å²) in [6, 6.07) is 16.9. The molecule has 0 bridgehead atoms. The predicted molar refractivity (Wildman–Crippen MR) is 90.6 cm³/mol. The summed E-state index contributed by atoms with van der Waals surface area (Å²) >= 11 is 6.13. The summed E-state index contributed by atoms with van der Waals surface area (Å²) in [4.78, 5) is 0.163. The highest BCUT2D eigenvalue weighted by atomic mass is 35.5. The highest BCUT2D eigenvalue weighted by Crippen LogP contribution is 2.31. The number of para-hydroxylation sites is 2. The summed E-state index contributed by atoms with van der Waals surface area (Å²) < 4.78 is 27.9. The molecular weight excluding hydrogens is 320 g/mol. The van der Waals surface area contributed by atoms with E-state index in [2.05, 4.69) is 4.72 Å². The van der Waals surface area contributed by atoms with Crippen LogP contribution in [0.2, 0.25) is 5.02 Å². The minimum Gasteiger partial charge on any atom is -0.397 e. The number of nitrogens with one attached hydrogen (secondary N) is 1. The van der Waals surface area contributed by atoms with E-state index in [0.717, 1.165) is 0 Å². The molecule has 0 unspecified atom stereocenters. The lowest BCUT2D eigenvalue weighted by atomic mass is 10.1. The van der Waals surface area contributed by atoms with Crippen molar-refractivity contribution in [2.24, 2.45) is 0 Å². The Morgan fingerprint density at radius 1 is 0.864 bits per heavy atom. The summed E-state index contributed by atoms with van der Waals surface area (Å²) in [5.41, 5.74) is 6.51. The van der Waals surface area contributed by atoms with Crippen LogP contribution in [0.1, 0.15) is 0 Å². The van der Waals surface area contributed by atoms with E-state index in [-0.39, 0.29) is 4.90 Å². The number of hydrogen-bond donors (Lipinski definition) is 2. The number of rotatable bonds is 3. The number of benzene rings is 3. The van der Waals surface area contributed by atoms with Gasteiger partial charge in [0.1, 0.15) is 0 Å². The summed E-state index contributed by atoms with van der Waals surface area (Å²) in [5.74, 6) is 0. The molecule has 22 heavy (non-hydrogen) atoms. The first-order valence-corrected chi connectivity index (χ1v) is 8.40. The Bertz CT molecular complexity index is 955. The minimum atomic E-state index is -3.77. The van der Waals surface area contributed by atoms with Crippen molar-refractivity contribution < 1.29 is 8.42 Å². The van der Waals surface area contributed by atoms with Crippen LogP contribution >= 0.6 is 11.6 Å². The molecule has 0 aromatic heterocycles. The van der Waals surface area contributed by atoms with Gasteiger partial charge in [0, 0.05) is 15.8 Å². The van der Waals surface area contributed by atoms with Crippen LogP contribution in [0.15, 0.2) is 65.6 Å². The number of nitrogen functional groups attached to an aromatic ring is 1. The summed E-state index contributed by atoms with van der Waals surface area (Å²) in [5, 5.41) is 1.76. The van der Waals surface area contributed by atoms with Gasteiger partial charge in [-0.3, -0.25) is 4.72 Å². The minimum absolute atomic E-state index is 0.163. The van der Waals surface area contributed by atoms with Gasteiger partial charge in [-0.2, -0.15) is 0 Å². The Kier molecular flexibility index (Phi) is 3.68. The normalized spacial score (nSPS) is 11.5. The van der Waals surface area contributed by atoms with Gasteiger partial charge in [-0.25, -0.2) is 8.42 Å². The van der Waals surface area contributed by atoms with Crippen LogP contribution in [-0.4, -0.2) is 8.42 Å². The van der Waals surface area contributed by atoms with E-state index in [1.807, 2.05) is 6.07 Å². The van der Waals surface area contributed by atoms with Crippen LogP contribution in [-0.2, 0) is 10.0 Å². The number of hydrogen-bond acceptors (Lipinski definition) is 3. The molecule has 0 heterocycles. The van der Waals surface area contributed by atoms with E-state index in [4.69, 9.17) is 17.3 Å². The van der Waals surface area contributed by atoms with Crippen molar-refractivity contribution >= 4 is 43.8 Å². The maximum atomic E-state index is 12.7. The Morgan fingerprint density at radius 3 is 2.23 bits per heavy atom. The zero-order chi connectivity index (χ0) is 15.7. The fraction of sp³-hybridized carbons (Fsp3) is 0. The Balaban J connectivity index is 2.14. The lowest BCUT2D eigenvalue weighted by molar-refractivity contribution is 0.602. The van der Waals surface area contributed by atoms with Crippen molar-refractivity contribution in [3.63, 3.8) is 0 Å². The van der Waals surface area contributed by atoms with Crippen LogP contribution in [0.25, 0.3) is 10.8 Å². The van der Waals surface area contributed by atoms with E-state index in [9.17, 15) is 8.42 Å². The molecule has 0 fully saturated rings. The molecule has 0 aliphatic rings. The van der Waals surface area contributed by atoms with E-state index in [1.165, 1.54) is 6.07 Å². The van der Waals surface area contributed by atoms with Crippen LogP contribution < -0.4 is 10.5 Å². The molecule has 0 spiro atoms. The first-order valence-electron chi connectivity index (χ1n) is 6.53. The Morgan fingerprint density at radius 2 is 1.50 bits per heavy atom. The second-order valence-corrected chi connectivity index (χ2v) is 6.84. The van der Waals surface area contributed by atoms with Gasteiger partial charge in [-0.15, -0.1) is 0 Å². The molecule has 0 saturated heterocycles. The molecule has 3 aromatic carbocycles. The SMILES string of the molecule is Nc1ccccc1NS(=O)(=O)c1ccc(Cl)c2ccccc12. The molecule has 3 N–H and O–H groups in total. The van der Waals surface area contributed by atoms with Gasteiger partial charge in [0.25, 0.3) is 10.0 Å². The third-order valence-corrected chi connectivity index (χ3v) is 5.08. The predicted octanol–water partition coefficient (Wildman–Crippen LogP) is 3.88. The Hall–Kier alpha value is -2.24. The lowest BCUT2D eigenvalue weighted by Crippen LogP contribution is -2.14. The maximum absolute atomic E-state index is 12.7. The topological polar surface area (TPSA) is 72.2 Å². The van der Waals surface area contributed by atoms with Gasteiger partial charge in [-0.05, 0) is 24.3 Å².